The van der Waals surface area contributed by atoms with Crippen molar-refractivity contribution in [2.45, 2.75) is 18.1 Å². The van der Waals surface area contributed by atoms with E-state index in [1.807, 2.05) is 0 Å². The minimum absolute atomic E-state index is 0.884. The standard InChI is InChI=1S/C7H13NS/c8-3-6-5-1-2-7(6)9-4-5/h5-7H,1-4,8H2/t5?,6-,7?/m0/s1. The Kier molecular flexibility index (Phi) is 1.46. The molecule has 1 aliphatic carbocycles. The van der Waals surface area contributed by atoms with Crippen LogP contribution in [0.5, 0.6) is 0 Å². The Hall–Kier alpha value is 0.310. The first-order chi connectivity index (χ1) is 4.42. The number of fused-ring (bicyclic) bond motifs is 2. The van der Waals surface area contributed by atoms with Gasteiger partial charge in [0.05, 0.1) is 0 Å². The molecule has 0 aromatic carbocycles. The molecule has 0 aromatic heterocycles. The Morgan fingerprint density at radius 3 is 2.56 bits per heavy atom. The lowest BCUT2D eigenvalue weighted by molar-refractivity contribution is 0.462. The van der Waals surface area contributed by atoms with Gasteiger partial charge in [0, 0.05) is 5.25 Å². The highest BCUT2D eigenvalue weighted by molar-refractivity contribution is 8.00. The minimum atomic E-state index is 0.884. The summed E-state index contributed by atoms with van der Waals surface area (Å²) in [5.74, 6) is 3.27. The van der Waals surface area contributed by atoms with Crippen LogP contribution in [-0.4, -0.2) is 17.5 Å². The lowest BCUT2D eigenvalue weighted by Gasteiger charge is -2.09. The van der Waals surface area contributed by atoms with Crippen LogP contribution in [-0.2, 0) is 0 Å². The van der Waals surface area contributed by atoms with Gasteiger partial charge in [-0.3, -0.25) is 0 Å². The summed E-state index contributed by atoms with van der Waals surface area (Å²) in [5, 5.41) is 0.944. The van der Waals surface area contributed by atoms with Crippen molar-refractivity contribution >= 4 is 11.8 Å². The summed E-state index contributed by atoms with van der Waals surface area (Å²) in [5.41, 5.74) is 5.64. The van der Waals surface area contributed by atoms with Gasteiger partial charge in [0.1, 0.15) is 0 Å². The fraction of sp³-hybridized carbons (Fsp3) is 1.00. The maximum Gasteiger partial charge on any atom is 0.00905 e. The molecule has 1 aliphatic heterocycles. The van der Waals surface area contributed by atoms with Gasteiger partial charge in [0.2, 0.25) is 0 Å². The zero-order valence-corrected chi connectivity index (χ0v) is 6.36. The third kappa shape index (κ3) is 0.802. The van der Waals surface area contributed by atoms with Crippen LogP contribution < -0.4 is 5.73 Å². The first kappa shape index (κ1) is 6.05. The van der Waals surface area contributed by atoms with E-state index in [0.717, 1.165) is 23.6 Å². The summed E-state index contributed by atoms with van der Waals surface area (Å²) < 4.78 is 0. The SMILES string of the molecule is NC[C@H]1C2CCC1SC2. The van der Waals surface area contributed by atoms with Crippen LogP contribution >= 0.6 is 11.8 Å². The summed E-state index contributed by atoms with van der Waals surface area (Å²) in [4.78, 5) is 0. The Bertz CT molecular complexity index is 95.5. The predicted octanol–water partition coefficient (Wildman–Crippen LogP) is 1.09. The van der Waals surface area contributed by atoms with Gasteiger partial charge in [0.25, 0.3) is 0 Å². The Morgan fingerprint density at radius 1 is 1.44 bits per heavy atom. The zero-order chi connectivity index (χ0) is 6.27. The van der Waals surface area contributed by atoms with E-state index < -0.39 is 0 Å². The fourth-order valence-electron chi connectivity index (χ4n) is 2.12. The van der Waals surface area contributed by atoms with Gasteiger partial charge >= 0.3 is 0 Å². The normalized spacial score (nSPS) is 48.3. The van der Waals surface area contributed by atoms with Crippen molar-refractivity contribution in [2.75, 3.05) is 12.3 Å². The average Bonchev–Trinajstić information content (AvgIpc) is 2.44. The van der Waals surface area contributed by atoms with Gasteiger partial charge < -0.3 is 5.73 Å². The monoisotopic (exact) mass is 143 g/mol. The molecule has 0 radical (unpaired) electrons. The van der Waals surface area contributed by atoms with Crippen LogP contribution in [0.3, 0.4) is 0 Å². The molecule has 2 aliphatic rings. The van der Waals surface area contributed by atoms with Crippen molar-refractivity contribution in [3.05, 3.63) is 0 Å². The van der Waals surface area contributed by atoms with E-state index in [4.69, 9.17) is 5.73 Å². The number of thioether (sulfide) groups is 1. The van der Waals surface area contributed by atoms with Crippen LogP contribution in [0.25, 0.3) is 0 Å². The molecule has 0 spiro atoms. The van der Waals surface area contributed by atoms with Gasteiger partial charge in [-0.25, -0.2) is 0 Å². The fourth-order valence-corrected chi connectivity index (χ4v) is 3.91. The van der Waals surface area contributed by atoms with Gasteiger partial charge in [-0.05, 0) is 37.0 Å². The number of nitrogens with two attached hydrogens (primary N) is 1. The van der Waals surface area contributed by atoms with E-state index in [0.29, 0.717) is 0 Å². The second kappa shape index (κ2) is 2.17. The van der Waals surface area contributed by atoms with Gasteiger partial charge in [-0.2, -0.15) is 11.8 Å². The molecule has 1 heterocycles. The second-order valence-electron chi connectivity index (χ2n) is 3.11. The second-order valence-corrected chi connectivity index (χ2v) is 4.38. The van der Waals surface area contributed by atoms with Crippen molar-refractivity contribution in [2.24, 2.45) is 17.6 Å². The van der Waals surface area contributed by atoms with E-state index in [9.17, 15) is 0 Å². The molecule has 2 N–H and O–H groups in total. The summed E-state index contributed by atoms with van der Waals surface area (Å²) in [6.45, 7) is 0.933. The third-order valence-electron chi connectivity index (χ3n) is 2.70. The molecule has 1 nitrogen and oxygen atoms in total. The number of hydrogen-bond donors (Lipinski definition) is 1. The van der Waals surface area contributed by atoms with Crippen LogP contribution in [0.4, 0.5) is 0 Å². The van der Waals surface area contributed by atoms with Crippen molar-refractivity contribution in [1.29, 1.82) is 0 Å². The molecule has 2 fully saturated rings. The molecule has 3 atom stereocenters. The summed E-state index contributed by atoms with van der Waals surface area (Å²) >= 11 is 2.14. The zero-order valence-electron chi connectivity index (χ0n) is 5.55. The van der Waals surface area contributed by atoms with Crippen molar-refractivity contribution in [3.63, 3.8) is 0 Å². The molecule has 2 unspecified atom stereocenters. The number of rotatable bonds is 1. The van der Waals surface area contributed by atoms with Gasteiger partial charge in [-0.1, -0.05) is 0 Å². The predicted molar refractivity (Wildman–Crippen MR) is 41.5 cm³/mol. The van der Waals surface area contributed by atoms with E-state index in [2.05, 4.69) is 11.8 Å². The summed E-state index contributed by atoms with van der Waals surface area (Å²) in [6.07, 6.45) is 2.90. The molecule has 2 rings (SSSR count). The smallest absolute Gasteiger partial charge is 0.00905 e. The molecule has 52 valence electrons. The average molecular weight is 143 g/mol. The molecule has 9 heavy (non-hydrogen) atoms. The van der Waals surface area contributed by atoms with E-state index in [1.54, 1.807) is 0 Å². The first-order valence-corrected chi connectivity index (χ1v) is 4.78. The van der Waals surface area contributed by atoms with Crippen molar-refractivity contribution in [1.82, 2.24) is 0 Å². The Labute approximate surface area is 60.4 Å². The highest BCUT2D eigenvalue weighted by Crippen LogP contribution is 2.47. The first-order valence-electron chi connectivity index (χ1n) is 3.73. The largest absolute Gasteiger partial charge is 0.330 e. The van der Waals surface area contributed by atoms with E-state index in [1.165, 1.54) is 18.6 Å². The lowest BCUT2D eigenvalue weighted by atomic mass is 9.99. The minimum Gasteiger partial charge on any atom is -0.330 e. The van der Waals surface area contributed by atoms with Crippen LogP contribution in [0.1, 0.15) is 12.8 Å². The molecule has 1 saturated heterocycles. The van der Waals surface area contributed by atoms with Crippen LogP contribution in [0.2, 0.25) is 0 Å². The Morgan fingerprint density at radius 2 is 2.33 bits per heavy atom. The summed E-state index contributed by atoms with van der Waals surface area (Å²) in [7, 11) is 0. The molecular formula is C7H13NS. The van der Waals surface area contributed by atoms with Crippen LogP contribution in [0.15, 0.2) is 0 Å². The van der Waals surface area contributed by atoms with Gasteiger partial charge in [0.15, 0.2) is 0 Å². The maximum absolute atomic E-state index is 5.64. The molecule has 1 saturated carbocycles. The highest BCUT2D eigenvalue weighted by Gasteiger charge is 2.40. The molecular weight excluding hydrogens is 130 g/mol. The van der Waals surface area contributed by atoms with E-state index >= 15 is 0 Å². The quantitative estimate of drug-likeness (QED) is 0.594. The highest BCUT2D eigenvalue weighted by atomic mass is 32.2. The molecule has 0 aromatic rings. The van der Waals surface area contributed by atoms with E-state index in [-0.39, 0.29) is 0 Å². The third-order valence-corrected chi connectivity index (χ3v) is 4.34. The van der Waals surface area contributed by atoms with Crippen molar-refractivity contribution in [3.8, 4) is 0 Å². The molecule has 2 bridgehead atoms. The molecule has 2 heteroatoms. The van der Waals surface area contributed by atoms with Crippen LogP contribution in [0, 0.1) is 11.8 Å². The van der Waals surface area contributed by atoms with Crippen molar-refractivity contribution < 1.29 is 0 Å². The summed E-state index contributed by atoms with van der Waals surface area (Å²) in [6, 6.07) is 0. The number of hydrogen-bond acceptors (Lipinski definition) is 2. The Balaban J connectivity index is 2.08. The lowest BCUT2D eigenvalue weighted by Crippen LogP contribution is -2.20. The van der Waals surface area contributed by atoms with Gasteiger partial charge in [-0.15, -0.1) is 0 Å². The maximum atomic E-state index is 5.64. The molecule has 0 amide bonds. The topological polar surface area (TPSA) is 26.0 Å².